The van der Waals surface area contributed by atoms with Gasteiger partial charge in [0.15, 0.2) is 0 Å². The van der Waals surface area contributed by atoms with Crippen molar-refractivity contribution in [2.24, 2.45) is 0 Å². The molecule has 0 radical (unpaired) electrons. The largest absolute Gasteiger partial charge is 0.527 e. The minimum atomic E-state index is -6.35. The number of rotatable bonds is 8. The number of halogens is 9. The molecular weight excluding hydrogens is 315 g/mol. The fraction of sp³-hybridized carbons (Fsp3) is 0.750. The highest BCUT2D eigenvalue weighted by atomic mass is 19.4. The summed E-state index contributed by atoms with van der Waals surface area (Å²) < 4.78 is 118. The van der Waals surface area contributed by atoms with E-state index in [0.717, 1.165) is 6.08 Å². The molecule has 0 aliphatic heterocycles. The van der Waals surface area contributed by atoms with Crippen molar-refractivity contribution in [3.8, 4) is 0 Å². The van der Waals surface area contributed by atoms with E-state index in [1.54, 1.807) is 4.74 Å². The Labute approximate surface area is 105 Å². The quantitative estimate of drug-likeness (QED) is 0.389. The van der Waals surface area contributed by atoms with Crippen molar-refractivity contribution in [2.45, 2.75) is 24.7 Å². The van der Waals surface area contributed by atoms with Crippen LogP contribution in [0.5, 0.6) is 0 Å². The first kappa shape index (κ1) is 19.0. The number of hydrogen-bond acceptors (Lipinski definition) is 3. The van der Waals surface area contributed by atoms with Gasteiger partial charge >= 0.3 is 24.7 Å². The molecule has 0 amide bonds. The van der Waals surface area contributed by atoms with E-state index < -0.39 is 37.9 Å². The average molecular weight is 322 g/mol. The van der Waals surface area contributed by atoms with Gasteiger partial charge in [-0.15, -0.1) is 19.8 Å². The van der Waals surface area contributed by atoms with E-state index >= 15 is 0 Å². The Morgan fingerprint density at radius 3 is 1.65 bits per heavy atom. The first-order valence-electron chi connectivity index (χ1n) is 4.51. The maximum absolute atomic E-state index is 12.7. The smallest absolute Gasteiger partial charge is 0.368 e. The summed E-state index contributed by atoms with van der Waals surface area (Å²) in [5, 5.41) is 0. The molecule has 12 heteroatoms. The summed E-state index contributed by atoms with van der Waals surface area (Å²) in [6, 6.07) is 0. The molecule has 0 aliphatic rings. The lowest BCUT2D eigenvalue weighted by atomic mass is 10.5. The second-order valence-electron chi connectivity index (χ2n) is 3.12. The molecule has 0 saturated heterocycles. The monoisotopic (exact) mass is 322 g/mol. The third-order valence-corrected chi connectivity index (χ3v) is 1.37. The minimum Gasteiger partial charge on any atom is -0.368 e. The van der Waals surface area contributed by atoms with Crippen LogP contribution in [0.15, 0.2) is 12.7 Å². The Balaban J connectivity index is 4.81. The summed E-state index contributed by atoms with van der Waals surface area (Å²) in [5.41, 5.74) is 0. The molecule has 0 aromatic heterocycles. The maximum atomic E-state index is 12.7. The van der Waals surface area contributed by atoms with Crippen molar-refractivity contribution < 1.29 is 53.7 Å². The van der Waals surface area contributed by atoms with Crippen molar-refractivity contribution in [1.29, 1.82) is 0 Å². The van der Waals surface area contributed by atoms with Crippen LogP contribution in [0, 0.1) is 0 Å². The minimum absolute atomic E-state index is 0.556. The Morgan fingerprint density at radius 1 is 0.800 bits per heavy atom. The lowest BCUT2D eigenvalue weighted by molar-refractivity contribution is -0.530. The predicted octanol–water partition coefficient (Wildman–Crippen LogP) is 3.52. The van der Waals surface area contributed by atoms with Gasteiger partial charge in [-0.3, -0.25) is 0 Å². The molecule has 0 atom stereocenters. The summed E-state index contributed by atoms with van der Waals surface area (Å²) in [4.78, 5) is 0. The molecule has 0 rings (SSSR count). The standard InChI is InChI=1S/C8H7F9O3/c1-2-3-18-4-5(9,10)19-6(11,12)7(13,14)20-8(15,16)17/h2H,1,3-4H2. The average Bonchev–Trinajstić information content (AvgIpc) is 2.11. The van der Waals surface area contributed by atoms with Crippen molar-refractivity contribution in [3.63, 3.8) is 0 Å². The fourth-order valence-corrected chi connectivity index (χ4v) is 0.742. The van der Waals surface area contributed by atoms with E-state index in [2.05, 4.69) is 16.1 Å². The zero-order valence-corrected chi connectivity index (χ0v) is 9.33. The van der Waals surface area contributed by atoms with E-state index in [1.807, 2.05) is 0 Å². The van der Waals surface area contributed by atoms with Gasteiger partial charge in [-0.1, -0.05) is 6.08 Å². The first-order chi connectivity index (χ1) is 8.72. The summed E-state index contributed by atoms with van der Waals surface area (Å²) in [6.07, 6.45) is -22.8. The second-order valence-corrected chi connectivity index (χ2v) is 3.12. The van der Waals surface area contributed by atoms with Crippen molar-refractivity contribution in [1.82, 2.24) is 0 Å². The molecule has 0 heterocycles. The van der Waals surface area contributed by atoms with E-state index in [-0.39, 0.29) is 0 Å². The SMILES string of the molecule is C=CCOCC(F)(F)OC(F)(F)C(F)(F)OC(F)(F)F. The highest BCUT2D eigenvalue weighted by Crippen LogP contribution is 2.43. The number of alkyl halides is 9. The number of ether oxygens (including phenoxy) is 3. The van der Waals surface area contributed by atoms with Gasteiger partial charge in [0, 0.05) is 0 Å². The van der Waals surface area contributed by atoms with Gasteiger partial charge in [0.1, 0.15) is 6.61 Å². The van der Waals surface area contributed by atoms with Gasteiger partial charge < -0.3 is 4.74 Å². The molecule has 120 valence electrons. The molecule has 3 nitrogen and oxygen atoms in total. The summed E-state index contributed by atoms with van der Waals surface area (Å²) in [6.45, 7) is 0.549. The topological polar surface area (TPSA) is 27.7 Å². The molecule has 0 fully saturated rings. The third-order valence-electron chi connectivity index (χ3n) is 1.37. The zero-order valence-electron chi connectivity index (χ0n) is 9.33. The molecule has 0 spiro atoms. The molecule has 0 aliphatic carbocycles. The molecule has 20 heavy (non-hydrogen) atoms. The summed E-state index contributed by atoms with van der Waals surface area (Å²) in [5.74, 6) is 0. The zero-order chi connectivity index (χ0) is 16.2. The highest BCUT2D eigenvalue weighted by molar-refractivity contribution is 4.71. The van der Waals surface area contributed by atoms with Crippen LogP contribution in [0.4, 0.5) is 39.5 Å². The van der Waals surface area contributed by atoms with E-state index in [0.29, 0.717) is 0 Å². The Hall–Kier alpha value is -1.01. The van der Waals surface area contributed by atoms with Gasteiger partial charge in [-0.25, -0.2) is 9.47 Å². The Morgan fingerprint density at radius 2 is 1.25 bits per heavy atom. The molecule has 0 unspecified atom stereocenters. The maximum Gasteiger partial charge on any atom is 0.527 e. The van der Waals surface area contributed by atoms with Gasteiger partial charge in [-0.05, 0) is 0 Å². The van der Waals surface area contributed by atoms with Crippen LogP contribution in [0.2, 0.25) is 0 Å². The predicted molar refractivity (Wildman–Crippen MR) is 44.1 cm³/mol. The molecular formula is C8H7F9O3. The molecule has 0 saturated carbocycles. The molecule has 0 aromatic rings. The summed E-state index contributed by atoms with van der Waals surface area (Å²) >= 11 is 0. The summed E-state index contributed by atoms with van der Waals surface area (Å²) in [7, 11) is 0. The van der Waals surface area contributed by atoms with Crippen molar-refractivity contribution >= 4 is 0 Å². The highest BCUT2D eigenvalue weighted by Gasteiger charge is 2.67. The Bertz CT molecular complexity index is 326. The van der Waals surface area contributed by atoms with Crippen LogP contribution < -0.4 is 0 Å². The van der Waals surface area contributed by atoms with Gasteiger partial charge in [0.25, 0.3) is 0 Å². The lowest BCUT2D eigenvalue weighted by Crippen LogP contribution is -2.51. The van der Waals surface area contributed by atoms with E-state index in [9.17, 15) is 39.5 Å². The van der Waals surface area contributed by atoms with Gasteiger partial charge in [0.05, 0.1) is 6.61 Å². The van der Waals surface area contributed by atoms with E-state index in [1.165, 1.54) is 0 Å². The molecule has 0 N–H and O–H groups in total. The van der Waals surface area contributed by atoms with Crippen LogP contribution in [0.25, 0.3) is 0 Å². The third kappa shape index (κ3) is 6.43. The van der Waals surface area contributed by atoms with E-state index in [4.69, 9.17) is 0 Å². The van der Waals surface area contributed by atoms with Crippen LogP contribution >= 0.6 is 0 Å². The Kier molecular flexibility index (Phi) is 5.87. The second kappa shape index (κ2) is 6.18. The van der Waals surface area contributed by atoms with Crippen molar-refractivity contribution in [3.05, 3.63) is 12.7 Å². The van der Waals surface area contributed by atoms with Crippen LogP contribution in [0.3, 0.4) is 0 Å². The molecule has 0 aromatic carbocycles. The van der Waals surface area contributed by atoms with Gasteiger partial charge in [0.2, 0.25) is 0 Å². The normalized spacial score (nSPS) is 14.4. The fourth-order valence-electron chi connectivity index (χ4n) is 0.742. The van der Waals surface area contributed by atoms with Crippen molar-refractivity contribution in [2.75, 3.05) is 13.2 Å². The molecule has 0 bridgehead atoms. The number of hydrogen-bond donors (Lipinski definition) is 0. The van der Waals surface area contributed by atoms with Crippen LogP contribution in [-0.2, 0) is 14.2 Å². The lowest BCUT2D eigenvalue weighted by Gasteiger charge is -2.29. The van der Waals surface area contributed by atoms with Crippen LogP contribution in [-0.4, -0.2) is 37.9 Å². The van der Waals surface area contributed by atoms with Crippen LogP contribution in [0.1, 0.15) is 0 Å². The first-order valence-corrected chi connectivity index (χ1v) is 4.51. The van der Waals surface area contributed by atoms with Gasteiger partial charge in [-0.2, -0.15) is 26.3 Å².